The molecule has 1 heterocycles. The maximum absolute atomic E-state index is 5.93. The second-order valence-corrected chi connectivity index (χ2v) is 5.11. The van der Waals surface area contributed by atoms with Gasteiger partial charge in [0.05, 0.1) is 12.7 Å². The van der Waals surface area contributed by atoms with E-state index in [1.54, 1.807) is 0 Å². The summed E-state index contributed by atoms with van der Waals surface area (Å²) in [6.45, 7) is 6.07. The molecule has 1 aliphatic rings. The van der Waals surface area contributed by atoms with Crippen LogP contribution in [0.2, 0.25) is 0 Å². The van der Waals surface area contributed by atoms with E-state index in [4.69, 9.17) is 5.73 Å². The van der Waals surface area contributed by atoms with Crippen LogP contribution in [0, 0.1) is 0 Å². The molecule has 18 heavy (non-hydrogen) atoms. The van der Waals surface area contributed by atoms with Crippen LogP contribution in [0.25, 0.3) is 0 Å². The van der Waals surface area contributed by atoms with Crippen LogP contribution in [0.15, 0.2) is 17.1 Å². The predicted molar refractivity (Wildman–Crippen MR) is 79.8 cm³/mol. The summed E-state index contributed by atoms with van der Waals surface area (Å²) in [5, 5.41) is 0. The Morgan fingerprint density at radius 1 is 1.28 bits per heavy atom. The summed E-state index contributed by atoms with van der Waals surface area (Å²) in [6, 6.07) is 0. The van der Waals surface area contributed by atoms with Crippen molar-refractivity contribution in [2.75, 3.05) is 13.1 Å². The van der Waals surface area contributed by atoms with Crippen LogP contribution >= 0.6 is 0 Å². The van der Waals surface area contributed by atoms with Gasteiger partial charge in [-0.1, -0.05) is 31.4 Å². The summed E-state index contributed by atoms with van der Waals surface area (Å²) in [5.41, 5.74) is 5.93. The Balaban J connectivity index is 2.01. The van der Waals surface area contributed by atoms with Gasteiger partial charge in [-0.3, -0.25) is 4.99 Å². The summed E-state index contributed by atoms with van der Waals surface area (Å²) < 4.78 is 0. The first-order valence-electron chi connectivity index (χ1n) is 7.42. The number of aliphatic imine (C=N–C) groups is 1. The SMILES string of the molecule is C/C=C/CCCCCCCC1=NCCN1C(C)N. The van der Waals surface area contributed by atoms with Gasteiger partial charge in [0.15, 0.2) is 0 Å². The first-order chi connectivity index (χ1) is 8.75. The van der Waals surface area contributed by atoms with Crippen molar-refractivity contribution in [2.24, 2.45) is 10.7 Å². The molecule has 1 unspecified atom stereocenters. The quantitative estimate of drug-likeness (QED) is 0.504. The molecule has 3 heteroatoms. The average Bonchev–Trinajstić information content (AvgIpc) is 2.81. The van der Waals surface area contributed by atoms with Gasteiger partial charge in [0.2, 0.25) is 0 Å². The number of allylic oxidation sites excluding steroid dienone is 2. The number of hydrogen-bond donors (Lipinski definition) is 1. The number of rotatable bonds is 9. The number of nitrogens with zero attached hydrogens (tertiary/aromatic N) is 2. The van der Waals surface area contributed by atoms with Gasteiger partial charge < -0.3 is 10.6 Å². The predicted octanol–water partition coefficient (Wildman–Crippen LogP) is 3.31. The van der Waals surface area contributed by atoms with Gasteiger partial charge in [0, 0.05) is 13.0 Å². The first-order valence-corrected chi connectivity index (χ1v) is 7.42. The van der Waals surface area contributed by atoms with Crippen LogP contribution in [-0.2, 0) is 0 Å². The van der Waals surface area contributed by atoms with Gasteiger partial charge in [0.25, 0.3) is 0 Å². The maximum atomic E-state index is 5.93. The summed E-state index contributed by atoms with van der Waals surface area (Å²) in [7, 11) is 0. The molecule has 0 amide bonds. The van der Waals surface area contributed by atoms with Crippen LogP contribution in [-0.4, -0.2) is 30.0 Å². The molecule has 0 aliphatic carbocycles. The fourth-order valence-electron chi connectivity index (χ4n) is 2.41. The third-order valence-electron chi connectivity index (χ3n) is 3.47. The minimum Gasteiger partial charge on any atom is -0.343 e. The lowest BCUT2D eigenvalue weighted by atomic mass is 10.1. The molecule has 1 rings (SSSR count). The van der Waals surface area contributed by atoms with Crippen molar-refractivity contribution in [3.63, 3.8) is 0 Å². The topological polar surface area (TPSA) is 41.6 Å². The Hall–Kier alpha value is -0.830. The second-order valence-electron chi connectivity index (χ2n) is 5.11. The number of hydrogen-bond acceptors (Lipinski definition) is 3. The van der Waals surface area contributed by atoms with Gasteiger partial charge in [-0.25, -0.2) is 0 Å². The van der Waals surface area contributed by atoms with Gasteiger partial charge in [-0.2, -0.15) is 0 Å². The zero-order chi connectivity index (χ0) is 13.2. The molecule has 0 aromatic heterocycles. The average molecular weight is 251 g/mol. The fraction of sp³-hybridized carbons (Fsp3) is 0.800. The number of amidine groups is 1. The largest absolute Gasteiger partial charge is 0.343 e. The van der Waals surface area contributed by atoms with Crippen molar-refractivity contribution < 1.29 is 0 Å². The van der Waals surface area contributed by atoms with Gasteiger partial charge >= 0.3 is 0 Å². The zero-order valence-corrected chi connectivity index (χ0v) is 12.1. The third kappa shape index (κ3) is 5.67. The van der Waals surface area contributed by atoms with Crippen molar-refractivity contribution >= 4 is 5.84 Å². The van der Waals surface area contributed by atoms with Crippen molar-refractivity contribution in [1.29, 1.82) is 0 Å². The Bertz CT molecular complexity index is 269. The summed E-state index contributed by atoms with van der Waals surface area (Å²) in [5.74, 6) is 1.24. The second kappa shape index (κ2) is 9.15. The monoisotopic (exact) mass is 251 g/mol. The molecule has 0 aromatic carbocycles. The molecule has 0 bridgehead atoms. The molecule has 1 atom stereocenters. The van der Waals surface area contributed by atoms with Crippen molar-refractivity contribution in [1.82, 2.24) is 4.90 Å². The Kier molecular flexibility index (Phi) is 7.74. The van der Waals surface area contributed by atoms with E-state index in [0.29, 0.717) is 0 Å². The van der Waals surface area contributed by atoms with E-state index >= 15 is 0 Å². The summed E-state index contributed by atoms with van der Waals surface area (Å²) >= 11 is 0. The molecule has 0 spiro atoms. The normalized spacial score (nSPS) is 17.5. The molecule has 0 saturated heterocycles. The van der Waals surface area contributed by atoms with Crippen LogP contribution < -0.4 is 5.73 Å². The molecule has 3 nitrogen and oxygen atoms in total. The molecule has 2 N–H and O–H groups in total. The Morgan fingerprint density at radius 2 is 2.00 bits per heavy atom. The summed E-state index contributed by atoms with van der Waals surface area (Å²) in [6.07, 6.45) is 13.5. The molecular formula is C15H29N3. The van der Waals surface area contributed by atoms with Crippen LogP contribution in [0.1, 0.15) is 58.8 Å². The minimum absolute atomic E-state index is 0.118. The van der Waals surface area contributed by atoms with E-state index in [2.05, 4.69) is 29.0 Å². The smallest absolute Gasteiger partial charge is 0.100 e. The van der Waals surface area contributed by atoms with Crippen molar-refractivity contribution in [3.8, 4) is 0 Å². The van der Waals surface area contributed by atoms with E-state index in [0.717, 1.165) is 19.5 Å². The standard InChI is InChI=1S/C15H29N3/c1-3-4-5-6-7-8-9-10-11-15-17-12-13-18(15)14(2)16/h3-4,14H,5-13,16H2,1-2H3/b4-3+. The van der Waals surface area contributed by atoms with Gasteiger partial charge in [-0.05, 0) is 33.1 Å². The molecule has 0 aromatic rings. The zero-order valence-electron chi connectivity index (χ0n) is 12.1. The molecule has 0 radical (unpaired) electrons. The van der Waals surface area contributed by atoms with Gasteiger partial charge in [-0.15, -0.1) is 0 Å². The third-order valence-corrected chi connectivity index (χ3v) is 3.47. The molecule has 0 saturated carbocycles. The summed E-state index contributed by atoms with van der Waals surface area (Å²) in [4.78, 5) is 6.79. The van der Waals surface area contributed by atoms with E-state index < -0.39 is 0 Å². The van der Waals surface area contributed by atoms with Crippen LogP contribution in [0.5, 0.6) is 0 Å². The highest BCUT2D eigenvalue weighted by Crippen LogP contribution is 2.13. The van der Waals surface area contributed by atoms with E-state index in [1.165, 1.54) is 44.4 Å². The van der Waals surface area contributed by atoms with Crippen LogP contribution in [0.4, 0.5) is 0 Å². The highest BCUT2D eigenvalue weighted by Gasteiger charge is 2.18. The van der Waals surface area contributed by atoms with Gasteiger partial charge in [0.1, 0.15) is 5.84 Å². The van der Waals surface area contributed by atoms with Crippen molar-refractivity contribution in [2.45, 2.75) is 65.0 Å². The van der Waals surface area contributed by atoms with E-state index in [-0.39, 0.29) is 6.17 Å². The van der Waals surface area contributed by atoms with E-state index in [1.807, 2.05) is 6.92 Å². The Morgan fingerprint density at radius 3 is 2.72 bits per heavy atom. The number of nitrogens with two attached hydrogens (primary N) is 1. The van der Waals surface area contributed by atoms with Crippen molar-refractivity contribution in [3.05, 3.63) is 12.2 Å². The lowest BCUT2D eigenvalue weighted by Gasteiger charge is -2.24. The maximum Gasteiger partial charge on any atom is 0.100 e. The molecular weight excluding hydrogens is 222 g/mol. The number of unbranched alkanes of at least 4 members (excludes halogenated alkanes) is 5. The fourth-order valence-corrected chi connectivity index (χ4v) is 2.41. The lowest BCUT2D eigenvalue weighted by molar-refractivity contribution is 0.358. The van der Waals surface area contributed by atoms with E-state index in [9.17, 15) is 0 Å². The highest BCUT2D eigenvalue weighted by molar-refractivity contribution is 5.83. The highest BCUT2D eigenvalue weighted by atomic mass is 15.3. The lowest BCUT2D eigenvalue weighted by Crippen LogP contribution is -2.41. The Labute approximate surface area is 112 Å². The molecule has 104 valence electrons. The van der Waals surface area contributed by atoms with Crippen LogP contribution in [0.3, 0.4) is 0 Å². The molecule has 0 fully saturated rings. The molecule has 1 aliphatic heterocycles. The minimum atomic E-state index is 0.118. The first kappa shape index (κ1) is 15.2.